The zero-order valence-electron chi connectivity index (χ0n) is 12.7. The van der Waals surface area contributed by atoms with E-state index >= 15 is 0 Å². The number of carbonyl (C=O) groups is 1. The molecule has 0 spiro atoms. The molecule has 2 unspecified atom stereocenters. The van der Waals surface area contributed by atoms with Gasteiger partial charge in [-0.25, -0.2) is 8.78 Å². The van der Waals surface area contributed by atoms with Crippen molar-refractivity contribution in [2.75, 3.05) is 19.8 Å². The molecule has 0 aromatic heterocycles. The molecule has 20 heavy (non-hydrogen) atoms. The minimum atomic E-state index is -2.46. The van der Waals surface area contributed by atoms with Gasteiger partial charge in [-0.3, -0.25) is 10.1 Å². The van der Waals surface area contributed by atoms with E-state index in [0.717, 1.165) is 6.42 Å². The van der Waals surface area contributed by atoms with Crippen molar-refractivity contribution >= 4 is 5.91 Å². The highest BCUT2D eigenvalue weighted by Crippen LogP contribution is 2.21. The van der Waals surface area contributed by atoms with E-state index in [1.54, 1.807) is 4.90 Å². The minimum Gasteiger partial charge on any atom is -0.374 e. The molecule has 2 atom stereocenters. The Morgan fingerprint density at radius 1 is 1.30 bits per heavy atom. The third kappa shape index (κ3) is 4.98. The maximum atomic E-state index is 12.3. The van der Waals surface area contributed by atoms with E-state index in [-0.39, 0.29) is 30.6 Å². The molecule has 6 heteroatoms. The van der Waals surface area contributed by atoms with Gasteiger partial charge in [0.05, 0.1) is 18.8 Å². The number of nitrogens with zero attached hydrogens (tertiary/aromatic N) is 1. The van der Waals surface area contributed by atoms with Crippen LogP contribution in [0.25, 0.3) is 0 Å². The fourth-order valence-corrected chi connectivity index (χ4v) is 2.42. The summed E-state index contributed by atoms with van der Waals surface area (Å²) >= 11 is 0. The van der Waals surface area contributed by atoms with Crippen molar-refractivity contribution in [1.29, 1.82) is 0 Å². The van der Waals surface area contributed by atoms with Gasteiger partial charge in [-0.2, -0.15) is 0 Å². The van der Waals surface area contributed by atoms with Crippen LogP contribution in [0, 0.1) is 11.8 Å². The Hall–Kier alpha value is -0.750. The van der Waals surface area contributed by atoms with Gasteiger partial charge in [0.15, 0.2) is 0 Å². The molecule has 0 aromatic rings. The van der Waals surface area contributed by atoms with E-state index in [9.17, 15) is 13.6 Å². The Balaban J connectivity index is 2.55. The Morgan fingerprint density at radius 3 is 2.45 bits per heavy atom. The molecular weight excluding hydrogens is 266 g/mol. The van der Waals surface area contributed by atoms with Crippen LogP contribution in [0.2, 0.25) is 0 Å². The maximum Gasteiger partial charge on any atom is 0.261 e. The molecule has 0 aromatic carbocycles. The molecule has 118 valence electrons. The van der Waals surface area contributed by atoms with Crippen LogP contribution in [0.1, 0.15) is 34.1 Å². The van der Waals surface area contributed by atoms with Crippen molar-refractivity contribution in [1.82, 2.24) is 10.2 Å². The Labute approximate surface area is 119 Å². The molecule has 0 saturated carbocycles. The second-order valence-corrected chi connectivity index (χ2v) is 6.03. The number of rotatable bonds is 8. The summed E-state index contributed by atoms with van der Waals surface area (Å²) in [7, 11) is 0. The Kier molecular flexibility index (Phi) is 6.82. The van der Waals surface area contributed by atoms with E-state index < -0.39 is 13.0 Å². The quantitative estimate of drug-likeness (QED) is 0.697. The van der Waals surface area contributed by atoms with Crippen LogP contribution in [0.3, 0.4) is 0 Å². The Bertz CT molecular complexity index is 312. The Morgan fingerprint density at radius 2 is 1.95 bits per heavy atom. The average Bonchev–Trinajstić information content (AvgIpc) is 2.61. The second kappa shape index (κ2) is 7.88. The van der Waals surface area contributed by atoms with Crippen LogP contribution in [-0.4, -0.2) is 49.2 Å². The van der Waals surface area contributed by atoms with E-state index in [4.69, 9.17) is 4.74 Å². The SMILES string of the molecule is CC(C)CC1NC(C(C)C)C(=O)N1CCOCC(F)F. The zero-order valence-corrected chi connectivity index (χ0v) is 12.7. The van der Waals surface area contributed by atoms with Crippen LogP contribution < -0.4 is 5.32 Å². The number of amides is 1. The molecule has 1 amide bonds. The highest BCUT2D eigenvalue weighted by Gasteiger charge is 2.39. The van der Waals surface area contributed by atoms with E-state index in [0.29, 0.717) is 12.5 Å². The molecule has 1 aliphatic rings. The lowest BCUT2D eigenvalue weighted by Gasteiger charge is -2.25. The second-order valence-electron chi connectivity index (χ2n) is 6.03. The van der Waals surface area contributed by atoms with Gasteiger partial charge < -0.3 is 9.64 Å². The lowest BCUT2D eigenvalue weighted by molar-refractivity contribution is -0.131. The lowest BCUT2D eigenvalue weighted by atomic mass is 10.0. The van der Waals surface area contributed by atoms with Crippen molar-refractivity contribution < 1.29 is 18.3 Å². The summed E-state index contributed by atoms with van der Waals surface area (Å²) in [5.41, 5.74) is 0. The predicted molar refractivity (Wildman–Crippen MR) is 73.5 cm³/mol. The topological polar surface area (TPSA) is 41.6 Å². The summed E-state index contributed by atoms with van der Waals surface area (Å²) in [5, 5.41) is 3.34. The first-order valence-corrected chi connectivity index (χ1v) is 7.25. The fraction of sp³-hybridized carbons (Fsp3) is 0.929. The highest BCUT2D eigenvalue weighted by atomic mass is 19.3. The molecule has 0 radical (unpaired) electrons. The third-order valence-corrected chi connectivity index (χ3v) is 3.38. The minimum absolute atomic E-state index is 0.0231. The number of hydrogen-bond acceptors (Lipinski definition) is 3. The summed E-state index contributed by atoms with van der Waals surface area (Å²) < 4.78 is 28.9. The molecule has 1 aliphatic heterocycles. The summed E-state index contributed by atoms with van der Waals surface area (Å²) in [6.45, 7) is 8.13. The molecular formula is C14H26F2N2O2. The van der Waals surface area contributed by atoms with E-state index in [1.807, 2.05) is 13.8 Å². The number of halogens is 2. The van der Waals surface area contributed by atoms with Gasteiger partial charge >= 0.3 is 0 Å². The molecule has 0 bridgehead atoms. The standard InChI is InChI=1S/C14H26F2N2O2/c1-9(2)7-12-17-13(10(3)4)14(19)18(12)5-6-20-8-11(15)16/h9-13,17H,5-8H2,1-4H3. The number of carbonyl (C=O) groups excluding carboxylic acids is 1. The van der Waals surface area contributed by atoms with Crippen molar-refractivity contribution in [3.05, 3.63) is 0 Å². The van der Waals surface area contributed by atoms with Crippen LogP contribution in [0.15, 0.2) is 0 Å². The molecule has 1 fully saturated rings. The van der Waals surface area contributed by atoms with Gasteiger partial charge in [0.2, 0.25) is 5.91 Å². The maximum absolute atomic E-state index is 12.3. The average molecular weight is 292 g/mol. The first-order chi connectivity index (χ1) is 9.32. The summed E-state index contributed by atoms with van der Waals surface area (Å²) in [6.07, 6.45) is -1.63. The van der Waals surface area contributed by atoms with Gasteiger partial charge in [0.25, 0.3) is 6.43 Å². The number of ether oxygens (including phenoxy) is 1. The molecule has 1 N–H and O–H groups in total. The van der Waals surface area contributed by atoms with Crippen LogP contribution in [-0.2, 0) is 9.53 Å². The molecule has 1 saturated heterocycles. The smallest absolute Gasteiger partial charge is 0.261 e. The predicted octanol–water partition coefficient (Wildman–Crippen LogP) is 2.10. The summed E-state index contributed by atoms with van der Waals surface area (Å²) in [4.78, 5) is 14.1. The zero-order chi connectivity index (χ0) is 15.3. The van der Waals surface area contributed by atoms with Crippen LogP contribution in [0.5, 0.6) is 0 Å². The number of hydrogen-bond donors (Lipinski definition) is 1. The molecule has 4 nitrogen and oxygen atoms in total. The van der Waals surface area contributed by atoms with Crippen LogP contribution >= 0.6 is 0 Å². The monoisotopic (exact) mass is 292 g/mol. The van der Waals surface area contributed by atoms with Gasteiger partial charge in [-0.05, 0) is 18.3 Å². The molecule has 1 heterocycles. The number of nitrogens with one attached hydrogen (secondary N) is 1. The highest BCUT2D eigenvalue weighted by molar-refractivity contribution is 5.84. The first kappa shape index (κ1) is 17.3. The van der Waals surface area contributed by atoms with Crippen molar-refractivity contribution in [3.63, 3.8) is 0 Å². The van der Waals surface area contributed by atoms with Crippen LogP contribution in [0.4, 0.5) is 8.78 Å². The lowest BCUT2D eigenvalue weighted by Crippen LogP contribution is -2.40. The normalized spacial score (nSPS) is 23.6. The van der Waals surface area contributed by atoms with Gasteiger partial charge in [0, 0.05) is 6.54 Å². The summed E-state index contributed by atoms with van der Waals surface area (Å²) in [5.74, 6) is 0.714. The van der Waals surface area contributed by atoms with E-state index in [1.165, 1.54) is 0 Å². The van der Waals surface area contributed by atoms with Crippen molar-refractivity contribution in [2.24, 2.45) is 11.8 Å². The van der Waals surface area contributed by atoms with E-state index in [2.05, 4.69) is 19.2 Å². The summed E-state index contributed by atoms with van der Waals surface area (Å²) in [6, 6.07) is -0.186. The number of alkyl halides is 2. The van der Waals surface area contributed by atoms with Crippen molar-refractivity contribution in [3.8, 4) is 0 Å². The van der Waals surface area contributed by atoms with Gasteiger partial charge in [-0.15, -0.1) is 0 Å². The molecule has 0 aliphatic carbocycles. The third-order valence-electron chi connectivity index (χ3n) is 3.38. The largest absolute Gasteiger partial charge is 0.374 e. The first-order valence-electron chi connectivity index (χ1n) is 7.25. The van der Waals surface area contributed by atoms with Crippen molar-refractivity contribution in [2.45, 2.75) is 52.7 Å². The molecule has 1 rings (SSSR count). The van der Waals surface area contributed by atoms with Gasteiger partial charge in [0.1, 0.15) is 6.61 Å². The van der Waals surface area contributed by atoms with Gasteiger partial charge in [-0.1, -0.05) is 27.7 Å². The fourth-order valence-electron chi connectivity index (χ4n) is 2.42.